The molecular weight excluding hydrogens is 694 g/mol. The Kier molecular flexibility index (Phi) is 14.1. The quantitative estimate of drug-likeness (QED) is 0.0834. The molecule has 0 saturated carbocycles. The Labute approximate surface area is 307 Å². The number of carbonyl (C=O) groups excluding carboxylic acids is 2. The van der Waals surface area contributed by atoms with Gasteiger partial charge in [0.1, 0.15) is 35.8 Å². The maximum Gasteiger partial charge on any atom is 0.332 e. The number of fused-ring (bicyclic) bond motifs is 3. The first-order valence-electron chi connectivity index (χ1n) is 17.0. The number of hydrogen-bond donors (Lipinski definition) is 1. The topological polar surface area (TPSA) is 135 Å². The molecule has 4 aromatic rings. The number of thiophene rings is 1. The van der Waals surface area contributed by atoms with Crippen LogP contribution in [0.15, 0.2) is 53.5 Å². The van der Waals surface area contributed by atoms with Crippen LogP contribution in [0, 0.1) is 20.8 Å². The molecule has 1 aliphatic heterocycles. The monoisotopic (exact) mass is 737 g/mol. The van der Waals surface area contributed by atoms with Crippen LogP contribution >= 0.6 is 22.9 Å². The van der Waals surface area contributed by atoms with Crippen molar-refractivity contribution < 1.29 is 33.3 Å². The maximum absolute atomic E-state index is 13.4. The highest BCUT2D eigenvalue weighted by Gasteiger charge is 2.32. The third kappa shape index (κ3) is 10.5. The van der Waals surface area contributed by atoms with E-state index in [0.29, 0.717) is 68.5 Å². The fourth-order valence-corrected chi connectivity index (χ4v) is 6.68. The Hall–Kier alpha value is -4.14. The number of halogens is 1. The van der Waals surface area contributed by atoms with Crippen molar-refractivity contribution in [3.05, 3.63) is 86.8 Å². The minimum absolute atomic E-state index is 0.0717. The number of esters is 1. The fourth-order valence-electron chi connectivity index (χ4n) is 5.34. The van der Waals surface area contributed by atoms with Gasteiger partial charge < -0.3 is 29.0 Å². The summed E-state index contributed by atoms with van der Waals surface area (Å²) in [6.07, 6.45) is 1.89. The number of benzene rings is 2. The zero-order chi connectivity index (χ0) is 36.2. The van der Waals surface area contributed by atoms with Crippen molar-refractivity contribution in [1.82, 2.24) is 14.8 Å². The molecule has 272 valence electrons. The van der Waals surface area contributed by atoms with Gasteiger partial charge in [0.2, 0.25) is 5.91 Å². The number of unbranched alkanes of at least 4 members (excludes halogenated alkanes) is 1. The van der Waals surface area contributed by atoms with Gasteiger partial charge in [0.05, 0.1) is 51.8 Å². The van der Waals surface area contributed by atoms with E-state index in [1.165, 1.54) is 4.88 Å². The third-order valence-corrected chi connectivity index (χ3v) is 9.54. The number of rotatable bonds is 19. The molecule has 12 nitrogen and oxygen atoms in total. The van der Waals surface area contributed by atoms with Crippen molar-refractivity contribution in [3.8, 4) is 10.8 Å². The van der Waals surface area contributed by atoms with Gasteiger partial charge in [0.15, 0.2) is 5.82 Å². The smallest absolute Gasteiger partial charge is 0.332 e. The lowest BCUT2D eigenvalue weighted by molar-refractivity contribution is -0.149. The Morgan fingerprint density at radius 3 is 2.27 bits per heavy atom. The molecule has 2 aromatic carbocycles. The first-order chi connectivity index (χ1) is 24.7. The predicted molar refractivity (Wildman–Crippen MR) is 197 cm³/mol. The summed E-state index contributed by atoms with van der Waals surface area (Å²) in [4.78, 5) is 31.2. The molecule has 0 fully saturated rings. The first kappa shape index (κ1) is 38.1. The SMILES string of the molecule is CCCCOC(=O)COCCOCCOCCOc1ccc(NC(=O)C[C@@H]2N=C(c3ccc(Cl)cc3)c3c(sc(C)c3C)-n3c(C)nnc32)cc1. The van der Waals surface area contributed by atoms with Crippen LogP contribution in [0.4, 0.5) is 5.69 Å². The second kappa shape index (κ2) is 18.9. The first-order valence-corrected chi connectivity index (χ1v) is 18.2. The highest BCUT2D eigenvalue weighted by Crippen LogP contribution is 2.39. The van der Waals surface area contributed by atoms with Gasteiger partial charge in [-0.1, -0.05) is 37.1 Å². The average molecular weight is 738 g/mol. The number of carbonyl (C=O) groups is 2. The highest BCUT2D eigenvalue weighted by molar-refractivity contribution is 7.15. The van der Waals surface area contributed by atoms with E-state index in [-0.39, 0.29) is 24.9 Å². The Bertz CT molecular complexity index is 1790. The minimum atomic E-state index is -0.566. The highest BCUT2D eigenvalue weighted by atomic mass is 35.5. The van der Waals surface area contributed by atoms with E-state index in [1.54, 1.807) is 35.6 Å². The van der Waals surface area contributed by atoms with Gasteiger partial charge >= 0.3 is 5.97 Å². The second-order valence-corrected chi connectivity index (χ2v) is 13.5. The number of aromatic nitrogens is 3. The molecule has 51 heavy (non-hydrogen) atoms. The van der Waals surface area contributed by atoms with Crippen molar-refractivity contribution in [2.75, 3.05) is 58.2 Å². The largest absolute Gasteiger partial charge is 0.491 e. The molecule has 1 aliphatic rings. The molecule has 5 rings (SSSR count). The number of nitrogens with one attached hydrogen (secondary N) is 1. The Morgan fingerprint density at radius 1 is 0.882 bits per heavy atom. The van der Waals surface area contributed by atoms with E-state index >= 15 is 0 Å². The van der Waals surface area contributed by atoms with Crippen LogP contribution < -0.4 is 10.1 Å². The van der Waals surface area contributed by atoms with Gasteiger partial charge in [0, 0.05) is 26.7 Å². The number of ether oxygens (including phenoxy) is 5. The summed E-state index contributed by atoms with van der Waals surface area (Å²) in [7, 11) is 0. The molecule has 0 saturated heterocycles. The van der Waals surface area contributed by atoms with Gasteiger partial charge in [-0.3, -0.25) is 14.4 Å². The van der Waals surface area contributed by atoms with Crippen molar-refractivity contribution in [1.29, 1.82) is 0 Å². The van der Waals surface area contributed by atoms with Crippen molar-refractivity contribution in [2.45, 2.75) is 53.0 Å². The summed E-state index contributed by atoms with van der Waals surface area (Å²) in [6, 6.07) is 14.2. The molecule has 0 radical (unpaired) electrons. The summed E-state index contributed by atoms with van der Waals surface area (Å²) < 4.78 is 29.1. The summed E-state index contributed by atoms with van der Waals surface area (Å²) in [5.41, 5.74) is 4.50. The molecule has 0 bridgehead atoms. The maximum atomic E-state index is 13.4. The molecule has 2 aromatic heterocycles. The summed E-state index contributed by atoms with van der Waals surface area (Å²) >= 11 is 7.89. The van der Waals surface area contributed by atoms with Crippen molar-refractivity contribution >= 4 is 46.2 Å². The summed E-state index contributed by atoms with van der Waals surface area (Å²) in [6.45, 7) is 10.7. The van der Waals surface area contributed by atoms with E-state index in [4.69, 9.17) is 40.3 Å². The van der Waals surface area contributed by atoms with Crippen LogP contribution in [-0.4, -0.2) is 85.2 Å². The van der Waals surface area contributed by atoms with Crippen LogP contribution in [0.1, 0.15) is 65.4 Å². The predicted octanol–water partition coefficient (Wildman–Crippen LogP) is 6.60. The van der Waals surface area contributed by atoms with Crippen LogP contribution in [0.3, 0.4) is 0 Å². The Balaban J connectivity index is 1.08. The number of amides is 1. The van der Waals surface area contributed by atoms with E-state index in [1.807, 2.05) is 42.7 Å². The standard InChI is InChI=1S/C37H44ClN5O7S/c1-5-6-15-50-33(45)23-48-19-18-46-16-17-47-20-21-49-30-13-11-29(12-14-30)39-32(44)22-31-36-42-41-26(4)43(36)37-34(24(2)25(3)51-37)35(40-31)27-7-9-28(38)10-8-27/h7-14,31H,5-6,15-23H2,1-4H3,(H,39,44)/t31-/m0/s1. The van der Waals surface area contributed by atoms with Gasteiger partial charge in [0.25, 0.3) is 0 Å². The molecular formula is C37H44ClN5O7S. The lowest BCUT2D eigenvalue weighted by Crippen LogP contribution is -2.17. The van der Waals surface area contributed by atoms with E-state index < -0.39 is 6.04 Å². The van der Waals surface area contributed by atoms with Gasteiger partial charge in [-0.25, -0.2) is 4.79 Å². The van der Waals surface area contributed by atoms with Crippen molar-refractivity contribution in [2.24, 2.45) is 4.99 Å². The molecule has 1 N–H and O–H groups in total. The molecule has 1 amide bonds. The van der Waals surface area contributed by atoms with Crippen LogP contribution in [0.2, 0.25) is 5.02 Å². The number of nitrogens with zero attached hydrogens (tertiary/aromatic N) is 4. The van der Waals surface area contributed by atoms with Crippen molar-refractivity contribution in [3.63, 3.8) is 0 Å². The van der Waals surface area contributed by atoms with Crippen LogP contribution in [0.25, 0.3) is 5.00 Å². The zero-order valence-electron chi connectivity index (χ0n) is 29.4. The molecule has 1 atom stereocenters. The van der Waals surface area contributed by atoms with Gasteiger partial charge in [-0.2, -0.15) is 0 Å². The number of hydrogen-bond acceptors (Lipinski definition) is 11. The summed E-state index contributed by atoms with van der Waals surface area (Å²) in [5, 5.41) is 13.5. The molecule has 14 heteroatoms. The fraction of sp³-hybridized carbons (Fsp3) is 0.432. The normalized spacial score (nSPS) is 13.6. The molecule has 3 heterocycles. The van der Waals surface area contributed by atoms with E-state index in [0.717, 1.165) is 46.1 Å². The average Bonchev–Trinajstić information content (AvgIpc) is 3.60. The number of aliphatic imine (C=N–C) groups is 1. The lowest BCUT2D eigenvalue weighted by Gasteiger charge is -2.13. The molecule has 0 aliphatic carbocycles. The number of aryl methyl sites for hydroxylation is 2. The minimum Gasteiger partial charge on any atom is -0.491 e. The second-order valence-electron chi connectivity index (χ2n) is 11.9. The third-order valence-electron chi connectivity index (χ3n) is 8.10. The number of anilines is 1. The molecule has 0 unspecified atom stereocenters. The van der Waals surface area contributed by atoms with Gasteiger partial charge in [-0.05, 0) is 69.2 Å². The van der Waals surface area contributed by atoms with Crippen LogP contribution in [-0.2, 0) is 28.5 Å². The van der Waals surface area contributed by atoms with E-state index in [2.05, 4.69) is 29.4 Å². The zero-order valence-corrected chi connectivity index (χ0v) is 31.0. The molecule has 0 spiro atoms. The van der Waals surface area contributed by atoms with Crippen LogP contribution in [0.5, 0.6) is 5.75 Å². The lowest BCUT2D eigenvalue weighted by atomic mass is 9.99. The Morgan fingerprint density at radius 2 is 1.57 bits per heavy atom. The van der Waals surface area contributed by atoms with Gasteiger partial charge in [-0.15, -0.1) is 21.5 Å². The van der Waals surface area contributed by atoms with E-state index in [9.17, 15) is 9.59 Å². The summed E-state index contributed by atoms with van der Waals surface area (Å²) in [5.74, 6) is 1.45.